The smallest absolute Gasteiger partial charge is 0.251 e. The van der Waals surface area contributed by atoms with Gasteiger partial charge in [0.05, 0.1) is 6.42 Å². The van der Waals surface area contributed by atoms with Gasteiger partial charge in [-0.1, -0.05) is 6.92 Å². The van der Waals surface area contributed by atoms with E-state index in [4.69, 9.17) is 0 Å². The first kappa shape index (κ1) is 14.2. The van der Waals surface area contributed by atoms with Crippen LogP contribution >= 0.6 is 0 Å². The van der Waals surface area contributed by atoms with Gasteiger partial charge in [0.25, 0.3) is 5.91 Å². The molecule has 0 aliphatic carbocycles. The summed E-state index contributed by atoms with van der Waals surface area (Å²) in [6.45, 7) is 4.74. The van der Waals surface area contributed by atoms with Crippen molar-refractivity contribution in [3.8, 4) is 0 Å². The van der Waals surface area contributed by atoms with E-state index in [2.05, 4.69) is 20.6 Å². The molecule has 1 aromatic heterocycles. The molecular formula is C13H19N5O2. The monoisotopic (exact) mass is 277 g/mol. The summed E-state index contributed by atoms with van der Waals surface area (Å²) in [5.74, 6) is 0.977. The van der Waals surface area contributed by atoms with Crippen molar-refractivity contribution in [1.29, 1.82) is 0 Å². The summed E-state index contributed by atoms with van der Waals surface area (Å²) in [5.41, 5.74) is 0.921. The lowest BCUT2D eigenvalue weighted by Gasteiger charge is -2.16. The van der Waals surface area contributed by atoms with Gasteiger partial charge in [-0.05, 0) is 13.3 Å². The second kappa shape index (κ2) is 5.85. The van der Waals surface area contributed by atoms with E-state index >= 15 is 0 Å². The Bertz CT molecular complexity index is 531. The van der Waals surface area contributed by atoms with Gasteiger partial charge >= 0.3 is 0 Å². The van der Waals surface area contributed by atoms with Crippen molar-refractivity contribution in [2.24, 2.45) is 0 Å². The molecule has 1 aliphatic rings. The predicted molar refractivity (Wildman–Crippen MR) is 75.4 cm³/mol. The lowest BCUT2D eigenvalue weighted by molar-refractivity contribution is -0.136. The first-order valence-corrected chi connectivity index (χ1v) is 6.73. The predicted octanol–water partition coefficient (Wildman–Crippen LogP) is 0.640. The van der Waals surface area contributed by atoms with Crippen LogP contribution in [0.2, 0.25) is 0 Å². The maximum Gasteiger partial charge on any atom is 0.251 e. The maximum absolute atomic E-state index is 11.9. The summed E-state index contributed by atoms with van der Waals surface area (Å²) in [7, 11) is 1.50. The van der Waals surface area contributed by atoms with Crippen molar-refractivity contribution in [3.63, 3.8) is 0 Å². The van der Waals surface area contributed by atoms with Crippen LogP contribution in [-0.4, -0.2) is 46.3 Å². The van der Waals surface area contributed by atoms with Crippen molar-refractivity contribution in [1.82, 2.24) is 14.9 Å². The molecule has 1 saturated heterocycles. The van der Waals surface area contributed by atoms with Gasteiger partial charge in [-0.3, -0.25) is 14.5 Å². The third kappa shape index (κ3) is 2.56. The fourth-order valence-electron chi connectivity index (χ4n) is 2.22. The van der Waals surface area contributed by atoms with Crippen LogP contribution in [-0.2, 0) is 16.0 Å². The van der Waals surface area contributed by atoms with Gasteiger partial charge in [0.2, 0.25) is 5.91 Å². The Hall–Kier alpha value is -2.18. The molecular weight excluding hydrogens is 258 g/mol. The van der Waals surface area contributed by atoms with Crippen LogP contribution in [0.15, 0.2) is 6.33 Å². The van der Waals surface area contributed by atoms with Crippen LogP contribution in [0.25, 0.3) is 0 Å². The Morgan fingerprint density at radius 2 is 2.00 bits per heavy atom. The Labute approximate surface area is 117 Å². The van der Waals surface area contributed by atoms with Crippen LogP contribution in [0.1, 0.15) is 25.8 Å². The van der Waals surface area contributed by atoms with E-state index in [0.29, 0.717) is 5.82 Å². The van der Waals surface area contributed by atoms with E-state index in [1.807, 2.05) is 13.8 Å². The topological polar surface area (TPSA) is 87.2 Å². The van der Waals surface area contributed by atoms with Crippen LogP contribution in [0.4, 0.5) is 11.6 Å². The minimum absolute atomic E-state index is 0.166. The molecule has 1 atom stereocenters. The van der Waals surface area contributed by atoms with E-state index in [-0.39, 0.29) is 18.2 Å². The van der Waals surface area contributed by atoms with Crippen LogP contribution < -0.4 is 10.6 Å². The third-order valence-corrected chi connectivity index (χ3v) is 3.34. The molecule has 0 radical (unpaired) electrons. The number of nitrogens with one attached hydrogen (secondary N) is 2. The van der Waals surface area contributed by atoms with Gasteiger partial charge in [0.1, 0.15) is 24.0 Å². The minimum Gasteiger partial charge on any atom is -0.370 e. The molecule has 0 bridgehead atoms. The molecule has 20 heavy (non-hydrogen) atoms. The van der Waals surface area contributed by atoms with Crippen LogP contribution in [0.3, 0.4) is 0 Å². The molecule has 1 unspecified atom stereocenters. The number of likely N-dealkylation sites (tertiary alicyclic amines) is 1. The summed E-state index contributed by atoms with van der Waals surface area (Å²) in [4.78, 5) is 33.0. The van der Waals surface area contributed by atoms with Crippen molar-refractivity contribution >= 4 is 23.5 Å². The molecule has 1 aromatic rings. The minimum atomic E-state index is -0.540. The van der Waals surface area contributed by atoms with Crippen LogP contribution in [0.5, 0.6) is 0 Å². The third-order valence-electron chi connectivity index (χ3n) is 3.34. The van der Waals surface area contributed by atoms with Gasteiger partial charge in [-0.25, -0.2) is 9.97 Å². The highest BCUT2D eigenvalue weighted by Gasteiger charge is 2.36. The van der Waals surface area contributed by atoms with E-state index in [1.54, 1.807) is 0 Å². The molecule has 0 aromatic carbocycles. The number of hydrogen-bond donors (Lipinski definition) is 2. The molecule has 2 amide bonds. The average molecular weight is 277 g/mol. The fraction of sp³-hybridized carbons (Fsp3) is 0.538. The number of nitrogens with zero attached hydrogens (tertiary/aromatic N) is 3. The standard InChI is InChI=1S/C13H19N5O2/c1-4-8-11(14-5-2)15-7-16-12(8)17-9-6-10(19)18(3)13(9)20/h7,9H,4-6H2,1-3H3,(H2,14,15,16,17). The number of hydrogen-bond acceptors (Lipinski definition) is 6. The van der Waals surface area contributed by atoms with E-state index in [0.717, 1.165) is 29.2 Å². The second-order valence-electron chi connectivity index (χ2n) is 4.63. The first-order valence-electron chi connectivity index (χ1n) is 6.73. The maximum atomic E-state index is 11.9. The fourth-order valence-corrected chi connectivity index (χ4v) is 2.22. The van der Waals surface area contributed by atoms with Crippen LogP contribution in [0, 0.1) is 0 Å². The highest BCUT2D eigenvalue weighted by atomic mass is 16.2. The molecule has 2 heterocycles. The molecule has 2 N–H and O–H groups in total. The number of imide groups is 1. The zero-order valence-electron chi connectivity index (χ0n) is 11.9. The molecule has 1 fully saturated rings. The highest BCUT2D eigenvalue weighted by molar-refractivity contribution is 6.06. The molecule has 0 spiro atoms. The first-order chi connectivity index (χ1) is 9.58. The largest absolute Gasteiger partial charge is 0.370 e. The number of amides is 2. The van der Waals surface area contributed by atoms with Crippen molar-refractivity contribution in [2.45, 2.75) is 32.7 Å². The zero-order chi connectivity index (χ0) is 14.7. The van der Waals surface area contributed by atoms with Crippen molar-refractivity contribution in [3.05, 3.63) is 11.9 Å². The molecule has 7 nitrogen and oxygen atoms in total. The SMILES string of the molecule is CCNc1ncnc(NC2CC(=O)N(C)C2=O)c1CC. The number of likely N-dealkylation sites (N-methyl/N-ethyl adjacent to an activating group) is 1. The molecule has 0 saturated carbocycles. The summed E-state index contributed by atoms with van der Waals surface area (Å²) in [6.07, 6.45) is 2.35. The molecule has 7 heteroatoms. The number of aromatic nitrogens is 2. The van der Waals surface area contributed by atoms with Gasteiger partial charge in [0, 0.05) is 19.2 Å². The van der Waals surface area contributed by atoms with E-state index in [9.17, 15) is 9.59 Å². The highest BCUT2D eigenvalue weighted by Crippen LogP contribution is 2.23. The van der Waals surface area contributed by atoms with Gasteiger partial charge in [-0.2, -0.15) is 0 Å². The number of carbonyl (C=O) groups is 2. The Kier molecular flexibility index (Phi) is 4.16. The van der Waals surface area contributed by atoms with Gasteiger partial charge in [-0.15, -0.1) is 0 Å². The normalized spacial score (nSPS) is 18.6. The lowest BCUT2D eigenvalue weighted by atomic mass is 10.2. The van der Waals surface area contributed by atoms with E-state index in [1.165, 1.54) is 13.4 Å². The van der Waals surface area contributed by atoms with Gasteiger partial charge in [0.15, 0.2) is 0 Å². The average Bonchev–Trinajstić information content (AvgIpc) is 2.67. The molecule has 1 aliphatic heterocycles. The summed E-state index contributed by atoms with van der Waals surface area (Å²) in [5, 5.41) is 6.23. The number of anilines is 2. The quantitative estimate of drug-likeness (QED) is 0.768. The van der Waals surface area contributed by atoms with E-state index < -0.39 is 6.04 Å². The Morgan fingerprint density at radius 1 is 1.30 bits per heavy atom. The van der Waals surface area contributed by atoms with Crippen molar-refractivity contribution in [2.75, 3.05) is 24.2 Å². The second-order valence-corrected chi connectivity index (χ2v) is 4.63. The lowest BCUT2D eigenvalue weighted by Crippen LogP contribution is -2.32. The summed E-state index contributed by atoms with van der Waals surface area (Å²) < 4.78 is 0. The zero-order valence-corrected chi connectivity index (χ0v) is 11.9. The molecule has 108 valence electrons. The Morgan fingerprint density at radius 3 is 2.55 bits per heavy atom. The number of carbonyl (C=O) groups excluding carboxylic acids is 2. The molecule has 2 rings (SSSR count). The van der Waals surface area contributed by atoms with Crippen molar-refractivity contribution < 1.29 is 9.59 Å². The number of rotatable bonds is 5. The summed E-state index contributed by atoms with van der Waals surface area (Å²) in [6, 6.07) is -0.540. The van der Waals surface area contributed by atoms with Gasteiger partial charge < -0.3 is 10.6 Å². The Balaban J connectivity index is 2.23. The summed E-state index contributed by atoms with van der Waals surface area (Å²) >= 11 is 0.